The predicted octanol–water partition coefficient (Wildman–Crippen LogP) is 2.85. The van der Waals surface area contributed by atoms with Crippen LogP contribution in [0.3, 0.4) is 0 Å². The zero-order valence-corrected chi connectivity index (χ0v) is 15.0. The highest BCUT2D eigenvalue weighted by molar-refractivity contribution is 7.09. The van der Waals surface area contributed by atoms with Crippen molar-refractivity contribution in [3.8, 4) is 0 Å². The maximum atomic E-state index is 12.5. The van der Waals surface area contributed by atoms with Crippen LogP contribution >= 0.6 is 11.3 Å². The number of aliphatic carboxylic acids is 1. The van der Waals surface area contributed by atoms with Gasteiger partial charge in [-0.1, -0.05) is 37.3 Å². The van der Waals surface area contributed by atoms with Crippen LogP contribution in [0, 0.1) is 11.8 Å². The van der Waals surface area contributed by atoms with Crippen molar-refractivity contribution in [2.45, 2.75) is 26.2 Å². The maximum Gasteiger partial charge on any atom is 0.306 e. The van der Waals surface area contributed by atoms with Gasteiger partial charge in [0.1, 0.15) is 0 Å². The number of carbonyl (C=O) groups excluding carboxylic acids is 1. The van der Waals surface area contributed by atoms with Gasteiger partial charge in [-0.05, 0) is 17.9 Å². The number of amides is 1. The molecule has 1 N–H and O–H groups in total. The summed E-state index contributed by atoms with van der Waals surface area (Å²) < 4.78 is 0. The van der Waals surface area contributed by atoms with Gasteiger partial charge < -0.3 is 10.0 Å². The van der Waals surface area contributed by atoms with Gasteiger partial charge in [-0.15, -0.1) is 11.3 Å². The third-order valence-corrected chi connectivity index (χ3v) is 5.60. The van der Waals surface area contributed by atoms with Gasteiger partial charge in [0.2, 0.25) is 5.91 Å². The summed E-state index contributed by atoms with van der Waals surface area (Å²) in [6, 6.07) is 10.1. The smallest absolute Gasteiger partial charge is 0.306 e. The van der Waals surface area contributed by atoms with Crippen molar-refractivity contribution in [2.75, 3.05) is 13.1 Å². The van der Waals surface area contributed by atoms with Gasteiger partial charge in [0.05, 0.1) is 23.0 Å². The predicted molar refractivity (Wildman–Crippen MR) is 96.6 cm³/mol. The number of thiazole rings is 1. The molecule has 132 valence electrons. The first-order chi connectivity index (χ1) is 12.0. The lowest BCUT2D eigenvalue weighted by Gasteiger charge is -2.34. The molecule has 0 spiro atoms. The Balaban J connectivity index is 1.56. The lowest BCUT2D eigenvalue weighted by Crippen LogP contribution is -2.45. The number of rotatable bonds is 5. The Hall–Kier alpha value is -2.21. The van der Waals surface area contributed by atoms with E-state index in [2.05, 4.69) is 17.1 Å². The first-order valence-electron chi connectivity index (χ1n) is 8.50. The topological polar surface area (TPSA) is 70.5 Å². The molecule has 1 saturated heterocycles. The van der Waals surface area contributed by atoms with Crippen molar-refractivity contribution in [1.29, 1.82) is 0 Å². The SMILES string of the molecule is CC1CN(C(=O)Cc2csc(Cc3ccccc3)n2)CCC1C(=O)O. The van der Waals surface area contributed by atoms with Gasteiger partial charge in [0.15, 0.2) is 0 Å². The maximum absolute atomic E-state index is 12.5. The van der Waals surface area contributed by atoms with Crippen LogP contribution in [0.15, 0.2) is 35.7 Å². The number of carboxylic acids is 1. The zero-order valence-electron chi connectivity index (χ0n) is 14.2. The highest BCUT2D eigenvalue weighted by Crippen LogP contribution is 2.24. The van der Waals surface area contributed by atoms with Crippen LogP contribution in [0.2, 0.25) is 0 Å². The molecule has 2 unspecified atom stereocenters. The van der Waals surface area contributed by atoms with Crippen LogP contribution < -0.4 is 0 Å². The summed E-state index contributed by atoms with van der Waals surface area (Å²) in [5.41, 5.74) is 2.01. The third kappa shape index (κ3) is 4.45. The van der Waals surface area contributed by atoms with Crippen LogP contribution in [-0.2, 0) is 22.4 Å². The van der Waals surface area contributed by atoms with E-state index in [1.54, 1.807) is 16.2 Å². The lowest BCUT2D eigenvalue weighted by molar-refractivity contribution is -0.148. The molecule has 1 aromatic heterocycles. The Morgan fingerprint density at radius 3 is 2.76 bits per heavy atom. The number of carboxylic acid groups (broad SMARTS) is 1. The van der Waals surface area contributed by atoms with Crippen LogP contribution in [0.5, 0.6) is 0 Å². The molecule has 2 aromatic rings. The number of carbonyl (C=O) groups is 2. The second kappa shape index (κ2) is 7.78. The molecule has 2 heterocycles. The normalized spacial score (nSPS) is 20.4. The van der Waals surface area contributed by atoms with Crippen molar-refractivity contribution in [2.24, 2.45) is 11.8 Å². The van der Waals surface area contributed by atoms with Crippen molar-refractivity contribution < 1.29 is 14.7 Å². The quantitative estimate of drug-likeness (QED) is 0.892. The molecular formula is C19H22N2O3S. The van der Waals surface area contributed by atoms with E-state index < -0.39 is 5.97 Å². The molecule has 0 radical (unpaired) electrons. The number of hydrogen-bond acceptors (Lipinski definition) is 4. The molecule has 0 saturated carbocycles. The van der Waals surface area contributed by atoms with E-state index in [-0.39, 0.29) is 24.2 Å². The first kappa shape index (κ1) is 17.6. The number of benzene rings is 1. The van der Waals surface area contributed by atoms with Gasteiger partial charge >= 0.3 is 5.97 Å². The van der Waals surface area contributed by atoms with Gasteiger partial charge in [0.25, 0.3) is 0 Å². The average molecular weight is 358 g/mol. The van der Waals surface area contributed by atoms with Crippen LogP contribution in [0.4, 0.5) is 0 Å². The fourth-order valence-electron chi connectivity index (χ4n) is 3.29. The monoisotopic (exact) mass is 358 g/mol. The van der Waals surface area contributed by atoms with Gasteiger partial charge in [-0.3, -0.25) is 9.59 Å². The summed E-state index contributed by atoms with van der Waals surface area (Å²) in [5.74, 6) is -1.09. The summed E-state index contributed by atoms with van der Waals surface area (Å²) >= 11 is 1.58. The third-order valence-electron chi connectivity index (χ3n) is 4.71. The largest absolute Gasteiger partial charge is 0.481 e. The number of aromatic nitrogens is 1. The molecule has 5 nitrogen and oxygen atoms in total. The molecule has 1 aliphatic rings. The Bertz CT molecular complexity index is 744. The number of likely N-dealkylation sites (tertiary alicyclic amines) is 1. The van der Waals surface area contributed by atoms with Crippen LogP contribution in [0.25, 0.3) is 0 Å². The number of nitrogens with zero attached hydrogens (tertiary/aromatic N) is 2. The molecular weight excluding hydrogens is 336 g/mol. The summed E-state index contributed by atoms with van der Waals surface area (Å²) in [6.45, 7) is 2.93. The Morgan fingerprint density at radius 2 is 2.08 bits per heavy atom. The Morgan fingerprint density at radius 1 is 1.32 bits per heavy atom. The average Bonchev–Trinajstić information content (AvgIpc) is 3.02. The molecule has 1 aromatic carbocycles. The number of piperidine rings is 1. The summed E-state index contributed by atoms with van der Waals surface area (Å²) in [6.07, 6.45) is 1.59. The molecule has 0 bridgehead atoms. The van der Waals surface area contributed by atoms with Crippen molar-refractivity contribution in [3.05, 3.63) is 52.0 Å². The van der Waals surface area contributed by atoms with Gasteiger partial charge in [-0.2, -0.15) is 0 Å². The Kier molecular flexibility index (Phi) is 5.48. The van der Waals surface area contributed by atoms with Crippen LogP contribution in [-0.4, -0.2) is 40.0 Å². The second-order valence-corrected chi connectivity index (χ2v) is 7.56. The molecule has 3 rings (SSSR count). The molecule has 2 atom stereocenters. The first-order valence-corrected chi connectivity index (χ1v) is 9.38. The highest BCUT2D eigenvalue weighted by Gasteiger charge is 2.33. The van der Waals surface area contributed by atoms with E-state index >= 15 is 0 Å². The minimum absolute atomic E-state index is 0.0146. The molecule has 1 amide bonds. The molecule has 1 fully saturated rings. The van der Waals surface area contributed by atoms with Crippen LogP contribution in [0.1, 0.15) is 29.6 Å². The van der Waals surface area contributed by atoms with Gasteiger partial charge in [-0.25, -0.2) is 4.98 Å². The molecule has 1 aliphatic heterocycles. The molecule has 0 aliphatic carbocycles. The van der Waals surface area contributed by atoms with Crippen molar-refractivity contribution >= 4 is 23.2 Å². The standard InChI is InChI=1S/C19H22N2O3S/c1-13-11-21(8-7-16(13)19(23)24)18(22)10-15-12-25-17(20-15)9-14-5-3-2-4-6-14/h2-6,12-13,16H,7-11H2,1H3,(H,23,24). The molecule has 25 heavy (non-hydrogen) atoms. The fraction of sp³-hybridized carbons (Fsp3) is 0.421. The summed E-state index contributed by atoms with van der Waals surface area (Å²) in [5, 5.41) is 12.1. The van der Waals surface area contributed by atoms with E-state index in [9.17, 15) is 14.7 Å². The van der Waals surface area contributed by atoms with Gasteiger partial charge in [0, 0.05) is 24.9 Å². The lowest BCUT2D eigenvalue weighted by atomic mass is 9.87. The minimum Gasteiger partial charge on any atom is -0.481 e. The van der Waals surface area contributed by atoms with E-state index in [0.717, 1.165) is 17.1 Å². The second-order valence-electron chi connectivity index (χ2n) is 6.62. The molecule has 6 heteroatoms. The van der Waals surface area contributed by atoms with Crippen molar-refractivity contribution in [1.82, 2.24) is 9.88 Å². The zero-order chi connectivity index (χ0) is 17.8. The van der Waals surface area contributed by atoms with E-state index in [1.807, 2.05) is 30.5 Å². The fourth-order valence-corrected chi connectivity index (χ4v) is 4.12. The summed E-state index contributed by atoms with van der Waals surface area (Å²) in [4.78, 5) is 30.0. The highest BCUT2D eigenvalue weighted by atomic mass is 32.1. The van der Waals surface area contributed by atoms with E-state index in [4.69, 9.17) is 0 Å². The van der Waals surface area contributed by atoms with E-state index in [1.165, 1.54) is 5.56 Å². The Labute approximate surface area is 151 Å². The number of hydrogen-bond donors (Lipinski definition) is 1. The van der Waals surface area contributed by atoms with E-state index in [0.29, 0.717) is 19.5 Å². The van der Waals surface area contributed by atoms with Crippen molar-refractivity contribution in [3.63, 3.8) is 0 Å². The minimum atomic E-state index is -0.760. The summed E-state index contributed by atoms with van der Waals surface area (Å²) in [7, 11) is 0.